The number of hydrogen-bond acceptors (Lipinski definition) is 10. The Morgan fingerprint density at radius 2 is 1.91 bits per heavy atom. The SMILES string of the molecule is Cc1ncc(C(C)Oc2cc3oc(=O)n(CCC(=O)O)c3cc2Cl)o1.NC(CO)(CO)CO. The van der Waals surface area contributed by atoms with Crippen molar-refractivity contribution < 1.29 is 38.8 Å². The van der Waals surface area contributed by atoms with Gasteiger partial charge in [0.2, 0.25) is 0 Å². The molecule has 182 valence electrons. The number of halogens is 1. The number of carbonyl (C=O) groups is 1. The van der Waals surface area contributed by atoms with E-state index in [4.69, 9.17) is 51.3 Å². The van der Waals surface area contributed by atoms with Crippen LogP contribution in [0.3, 0.4) is 0 Å². The standard InChI is InChI=1S/C16H15ClN2O6.C4H11NO3/c1-8(14-7-18-9(2)24-14)23-12-6-13-11(5-10(12)17)19(16(22)25-13)4-3-15(20)21;5-4(1-6,2-7)3-8/h5-8H,3-4H2,1-2H3,(H,20,21);6-8H,1-3,5H2. The van der Waals surface area contributed by atoms with E-state index in [1.165, 1.54) is 16.7 Å². The molecule has 0 amide bonds. The average Bonchev–Trinajstić information content (AvgIpc) is 3.34. The first-order valence-electron chi connectivity index (χ1n) is 9.78. The topological polar surface area (TPSA) is 194 Å². The maximum atomic E-state index is 11.9. The molecule has 0 fully saturated rings. The average molecular weight is 488 g/mol. The third kappa shape index (κ3) is 6.79. The molecule has 0 aliphatic carbocycles. The number of aliphatic hydroxyl groups excluding tert-OH is 3. The third-order valence-corrected chi connectivity index (χ3v) is 4.85. The lowest BCUT2D eigenvalue weighted by Crippen LogP contribution is -2.50. The largest absolute Gasteiger partial charge is 0.481 e. The zero-order chi connectivity index (χ0) is 24.8. The van der Waals surface area contributed by atoms with Crippen LogP contribution in [0.2, 0.25) is 5.02 Å². The van der Waals surface area contributed by atoms with Gasteiger partial charge in [-0.05, 0) is 13.0 Å². The lowest BCUT2D eigenvalue weighted by Gasteiger charge is -2.20. The summed E-state index contributed by atoms with van der Waals surface area (Å²) in [6, 6.07) is 3.01. The van der Waals surface area contributed by atoms with Crippen LogP contribution in [-0.2, 0) is 11.3 Å². The Hall–Kier alpha value is -2.90. The van der Waals surface area contributed by atoms with Gasteiger partial charge < -0.3 is 39.7 Å². The number of ether oxygens (including phenoxy) is 1. The predicted molar refractivity (Wildman–Crippen MR) is 116 cm³/mol. The minimum atomic E-state index is -1.21. The van der Waals surface area contributed by atoms with E-state index < -0.39 is 43.2 Å². The molecule has 0 aliphatic heterocycles. The van der Waals surface area contributed by atoms with Crippen LogP contribution < -0.4 is 16.2 Å². The normalized spacial score (nSPS) is 12.3. The van der Waals surface area contributed by atoms with Gasteiger partial charge in [0.25, 0.3) is 0 Å². The molecular formula is C20H26ClN3O9. The predicted octanol–water partition coefficient (Wildman–Crippen LogP) is 0.820. The summed E-state index contributed by atoms with van der Waals surface area (Å²) in [6.45, 7) is 2.28. The molecule has 0 aliphatic rings. The first kappa shape index (κ1) is 26.4. The molecule has 13 heteroatoms. The minimum Gasteiger partial charge on any atom is -0.481 e. The van der Waals surface area contributed by atoms with Gasteiger partial charge in [-0.1, -0.05) is 11.6 Å². The zero-order valence-corrected chi connectivity index (χ0v) is 18.8. The van der Waals surface area contributed by atoms with E-state index in [1.54, 1.807) is 20.0 Å². The molecule has 12 nitrogen and oxygen atoms in total. The second-order valence-corrected chi connectivity index (χ2v) is 7.70. The number of fused-ring (bicyclic) bond motifs is 1. The van der Waals surface area contributed by atoms with Crippen LogP contribution in [0.15, 0.2) is 32.0 Å². The molecule has 3 aromatic rings. The highest BCUT2D eigenvalue weighted by Crippen LogP contribution is 2.33. The van der Waals surface area contributed by atoms with E-state index in [2.05, 4.69) is 4.98 Å². The van der Waals surface area contributed by atoms with Crippen molar-refractivity contribution in [1.82, 2.24) is 9.55 Å². The Labute approximate surface area is 192 Å². The number of aromatic nitrogens is 2. The Morgan fingerprint density at radius 1 is 1.27 bits per heavy atom. The van der Waals surface area contributed by atoms with Crippen molar-refractivity contribution in [2.75, 3.05) is 19.8 Å². The monoisotopic (exact) mass is 487 g/mol. The van der Waals surface area contributed by atoms with E-state index in [0.717, 1.165) is 0 Å². The summed E-state index contributed by atoms with van der Waals surface area (Å²) < 4.78 is 17.6. The fourth-order valence-electron chi connectivity index (χ4n) is 2.54. The second-order valence-electron chi connectivity index (χ2n) is 7.29. The number of nitrogens with two attached hydrogens (primary N) is 1. The number of hydrogen-bond donors (Lipinski definition) is 5. The van der Waals surface area contributed by atoms with Crippen LogP contribution >= 0.6 is 11.6 Å². The highest BCUT2D eigenvalue weighted by Gasteiger charge is 2.21. The Kier molecular flexibility index (Phi) is 9.02. The van der Waals surface area contributed by atoms with Crippen molar-refractivity contribution in [1.29, 1.82) is 0 Å². The molecule has 0 spiro atoms. The van der Waals surface area contributed by atoms with E-state index >= 15 is 0 Å². The highest BCUT2D eigenvalue weighted by molar-refractivity contribution is 6.32. The fourth-order valence-corrected chi connectivity index (χ4v) is 2.74. The zero-order valence-electron chi connectivity index (χ0n) is 18.0. The van der Waals surface area contributed by atoms with Gasteiger partial charge >= 0.3 is 11.7 Å². The van der Waals surface area contributed by atoms with Crippen molar-refractivity contribution in [3.63, 3.8) is 0 Å². The van der Waals surface area contributed by atoms with E-state index in [9.17, 15) is 9.59 Å². The van der Waals surface area contributed by atoms with Crippen molar-refractivity contribution in [2.45, 2.75) is 38.5 Å². The van der Waals surface area contributed by atoms with Crippen molar-refractivity contribution in [3.05, 3.63) is 45.6 Å². The number of aliphatic carboxylic acids is 1. The second kappa shape index (κ2) is 11.3. The fraction of sp³-hybridized carbons (Fsp3) is 0.450. The van der Waals surface area contributed by atoms with Crippen LogP contribution in [0.4, 0.5) is 0 Å². The van der Waals surface area contributed by atoms with Gasteiger partial charge in [0.1, 0.15) is 5.75 Å². The summed E-state index contributed by atoms with van der Waals surface area (Å²) >= 11 is 6.24. The summed E-state index contributed by atoms with van der Waals surface area (Å²) in [5.74, 6) is -0.288. The molecule has 2 aromatic heterocycles. The summed E-state index contributed by atoms with van der Waals surface area (Å²) in [4.78, 5) is 26.6. The van der Waals surface area contributed by atoms with Crippen molar-refractivity contribution >= 4 is 28.7 Å². The number of aliphatic hydroxyl groups is 3. The van der Waals surface area contributed by atoms with Gasteiger partial charge in [0.05, 0.1) is 48.5 Å². The Morgan fingerprint density at radius 3 is 2.39 bits per heavy atom. The van der Waals surface area contributed by atoms with Crippen molar-refractivity contribution in [3.8, 4) is 5.75 Å². The van der Waals surface area contributed by atoms with Crippen LogP contribution in [0.1, 0.15) is 31.1 Å². The maximum Gasteiger partial charge on any atom is 0.419 e. The maximum absolute atomic E-state index is 11.9. The molecule has 0 saturated heterocycles. The molecule has 6 N–H and O–H groups in total. The molecule has 1 aromatic carbocycles. The first-order valence-corrected chi connectivity index (χ1v) is 10.2. The molecular weight excluding hydrogens is 462 g/mol. The molecule has 1 atom stereocenters. The number of benzene rings is 1. The number of aryl methyl sites for hydroxylation is 2. The van der Waals surface area contributed by atoms with E-state index in [1.807, 2.05) is 0 Å². The van der Waals surface area contributed by atoms with Crippen molar-refractivity contribution in [2.24, 2.45) is 5.73 Å². The van der Waals surface area contributed by atoms with Gasteiger partial charge in [-0.15, -0.1) is 0 Å². The summed E-state index contributed by atoms with van der Waals surface area (Å²) in [5, 5.41) is 34.1. The van der Waals surface area contributed by atoms with Gasteiger partial charge in [-0.25, -0.2) is 9.78 Å². The van der Waals surface area contributed by atoms with Crippen LogP contribution in [0, 0.1) is 6.92 Å². The molecule has 0 bridgehead atoms. The summed E-state index contributed by atoms with van der Waals surface area (Å²) in [6.07, 6.45) is 0.915. The molecule has 0 saturated carbocycles. The number of oxazole rings is 2. The van der Waals surface area contributed by atoms with Gasteiger partial charge in [0.15, 0.2) is 23.3 Å². The number of carboxylic acid groups (broad SMARTS) is 1. The molecule has 0 radical (unpaired) electrons. The number of carboxylic acids is 1. The molecule has 2 heterocycles. The number of nitrogens with zero attached hydrogens (tertiary/aromatic N) is 2. The lowest BCUT2D eigenvalue weighted by atomic mass is 10.1. The molecule has 1 unspecified atom stereocenters. The van der Waals surface area contributed by atoms with Gasteiger partial charge in [0, 0.05) is 19.5 Å². The summed E-state index contributed by atoms with van der Waals surface area (Å²) in [7, 11) is 0. The van der Waals surface area contributed by atoms with Gasteiger partial charge in [-0.3, -0.25) is 9.36 Å². The smallest absolute Gasteiger partial charge is 0.419 e. The number of rotatable bonds is 9. The molecule has 3 rings (SSSR count). The van der Waals surface area contributed by atoms with Gasteiger partial charge in [-0.2, -0.15) is 0 Å². The van der Waals surface area contributed by atoms with E-state index in [-0.39, 0.29) is 23.6 Å². The minimum absolute atomic E-state index is 0.00849. The molecule has 33 heavy (non-hydrogen) atoms. The van der Waals surface area contributed by atoms with Crippen LogP contribution in [0.5, 0.6) is 5.75 Å². The summed E-state index contributed by atoms with van der Waals surface area (Å²) in [5.41, 5.74) is 4.61. The van der Waals surface area contributed by atoms with Crippen LogP contribution in [-0.4, -0.2) is 61.3 Å². The quantitative estimate of drug-likeness (QED) is 0.286. The third-order valence-electron chi connectivity index (χ3n) is 4.56. The van der Waals surface area contributed by atoms with E-state index in [0.29, 0.717) is 22.9 Å². The first-order chi connectivity index (χ1) is 15.5. The Bertz CT molecular complexity index is 1130. The Balaban J connectivity index is 0.000000414. The lowest BCUT2D eigenvalue weighted by molar-refractivity contribution is -0.137. The highest BCUT2D eigenvalue weighted by atomic mass is 35.5. The van der Waals surface area contributed by atoms with Crippen LogP contribution in [0.25, 0.3) is 11.1 Å².